The van der Waals surface area contributed by atoms with Crippen molar-refractivity contribution in [1.29, 1.82) is 0 Å². The van der Waals surface area contributed by atoms with Crippen LogP contribution in [-0.2, 0) is 85.6 Å². The molecule has 2 fully saturated rings. The zero-order chi connectivity index (χ0) is 77.8. The number of esters is 8. The van der Waals surface area contributed by atoms with Crippen LogP contribution in [0.25, 0.3) is 0 Å². The molecular weight excluding hydrogens is 1390 g/mol. The molecular formula is C84H116N2O22. The molecule has 24 heteroatoms. The van der Waals surface area contributed by atoms with Gasteiger partial charge in [-0.1, -0.05) is 234 Å². The zero-order valence-corrected chi connectivity index (χ0v) is 64.2. The van der Waals surface area contributed by atoms with Crippen LogP contribution in [0.15, 0.2) is 121 Å². The fourth-order valence-corrected chi connectivity index (χ4v) is 13.3. The first-order chi connectivity index (χ1) is 52.3. The monoisotopic (exact) mass is 1500 g/mol. The highest BCUT2D eigenvalue weighted by molar-refractivity contribution is 5.91. The van der Waals surface area contributed by atoms with Crippen LogP contribution in [-0.4, -0.2) is 159 Å². The average molecular weight is 1510 g/mol. The molecule has 2 aliphatic rings. The maximum absolute atomic E-state index is 14.9. The third kappa shape index (κ3) is 32.3. The number of carbonyl (C=O) groups is 10. The Kier molecular flexibility index (Phi) is 41.0. The number of rotatable bonds is 50. The molecule has 0 aliphatic carbocycles. The predicted octanol–water partition coefficient (Wildman–Crippen LogP) is 14.3. The van der Waals surface area contributed by atoms with Gasteiger partial charge >= 0.3 is 47.8 Å². The summed E-state index contributed by atoms with van der Waals surface area (Å²) in [6.45, 7) is 7.79. The highest BCUT2D eigenvalue weighted by Gasteiger charge is 2.58. The van der Waals surface area contributed by atoms with Crippen LogP contribution in [0.3, 0.4) is 0 Å². The molecule has 2 heterocycles. The van der Waals surface area contributed by atoms with Crippen molar-refractivity contribution in [3.8, 4) is 0 Å². The normalized spacial score (nSPS) is 20.4. The molecule has 24 nitrogen and oxygen atoms in total. The van der Waals surface area contributed by atoms with E-state index in [2.05, 4.69) is 24.5 Å². The van der Waals surface area contributed by atoms with Gasteiger partial charge in [-0.25, -0.2) is 19.2 Å². The van der Waals surface area contributed by atoms with Crippen molar-refractivity contribution in [2.75, 3.05) is 19.8 Å². The first kappa shape index (κ1) is 88.3. The van der Waals surface area contributed by atoms with E-state index in [0.717, 1.165) is 98.8 Å². The number of carbonyl (C=O) groups excluding carboxylic acids is 10. The molecule has 4 aromatic rings. The van der Waals surface area contributed by atoms with Crippen LogP contribution in [0.1, 0.15) is 263 Å². The number of amides is 2. The van der Waals surface area contributed by atoms with Gasteiger partial charge in [0.15, 0.2) is 43.1 Å². The van der Waals surface area contributed by atoms with Gasteiger partial charge in [0.25, 0.3) is 0 Å². The Hall–Kier alpha value is -8.58. The average Bonchev–Trinajstić information content (AvgIpc) is 0.762. The second-order valence-corrected chi connectivity index (χ2v) is 27.9. The number of hydrogen-bond acceptors (Lipinski definition) is 22. The summed E-state index contributed by atoms with van der Waals surface area (Å²) in [7, 11) is 0. The van der Waals surface area contributed by atoms with Crippen LogP contribution < -0.4 is 10.6 Å². The molecule has 13 atom stereocenters. The zero-order valence-electron chi connectivity index (χ0n) is 64.2. The van der Waals surface area contributed by atoms with E-state index < -0.39 is 159 Å². The maximum atomic E-state index is 14.9. The van der Waals surface area contributed by atoms with E-state index in [4.69, 9.17) is 56.8 Å². The maximum Gasteiger partial charge on any atom is 0.338 e. The molecule has 4 aromatic carbocycles. The Morgan fingerprint density at radius 3 is 1.19 bits per heavy atom. The first-order valence-corrected chi connectivity index (χ1v) is 39.1. The number of ether oxygens (including phenoxy) is 12. The smallest absolute Gasteiger partial charge is 0.338 e. The topological polar surface area (TPSA) is 306 Å². The van der Waals surface area contributed by atoms with Crippen molar-refractivity contribution in [1.82, 2.24) is 10.6 Å². The van der Waals surface area contributed by atoms with Crippen molar-refractivity contribution in [3.63, 3.8) is 0 Å². The molecule has 2 N–H and O–H groups in total. The van der Waals surface area contributed by atoms with Crippen molar-refractivity contribution < 1.29 is 105 Å². The standard InChI is InChI=1S/C84H116N2O22/c1-8-10-12-14-16-18-20-22-24-26-28-30-44-54-71(92)86-67(73(105-80(94)64-47-37-32-38-48-64)68(102-79(93)63-45-35-31-36-46-63)53-43-29-27-25-23-21-19-17-15-13-11-9-2)55-99-84-78(107-82(96)66-51-41-34-42-52-66)77(106-81(95)65-49-39-33-40-50-65)75(70(104-84)57-98-60(5)89)108-83-72(85-58(3)87)76(101-62(7)91)74(100-61(6)90)69(103-83)56-97-59(4)88/h31-42,45-52,67-70,72-78,83-84H,8-30,43-44,53-57H2,1-7H3,(H,85,87)(H,86,92)/t67-,68+,69+,70+,72+,73-,74-,75+,76+,77-,78+,83-,84+/m0/s1. The second kappa shape index (κ2) is 50.2. The SMILES string of the molecule is CCCCCCCCCCCCCCCC(=O)N[C@@H](CO[C@@H]1O[C@H](COC(C)=O)[C@@H](O[C@@H]2O[C@H](COC(C)=O)[C@H](OC(C)=O)[C@H](OC(C)=O)[C@H]2NC(C)=O)[C@H](OC(=O)c2ccccc2)[C@H]1OC(=O)c1ccccc1)[C@H](OC(=O)c1ccccc1)[C@@H](CCCCCCCCCCCCCC)OC(=O)c1ccccc1. The van der Waals surface area contributed by atoms with Gasteiger partial charge in [-0.2, -0.15) is 0 Å². The van der Waals surface area contributed by atoms with Crippen molar-refractivity contribution in [2.24, 2.45) is 0 Å². The molecule has 594 valence electrons. The summed E-state index contributed by atoms with van der Waals surface area (Å²) in [4.78, 5) is 139. The minimum atomic E-state index is -1.97. The third-order valence-corrected chi connectivity index (χ3v) is 18.8. The largest absolute Gasteiger partial charge is 0.463 e. The summed E-state index contributed by atoms with van der Waals surface area (Å²) >= 11 is 0. The summed E-state index contributed by atoms with van der Waals surface area (Å²) < 4.78 is 75.8. The van der Waals surface area contributed by atoms with Gasteiger partial charge in [0.1, 0.15) is 43.7 Å². The second-order valence-electron chi connectivity index (χ2n) is 27.9. The minimum absolute atomic E-state index is 0.00801. The number of hydrogen-bond donors (Lipinski definition) is 2. The van der Waals surface area contributed by atoms with Crippen LogP contribution in [0, 0.1) is 0 Å². The molecule has 0 spiro atoms. The van der Waals surface area contributed by atoms with E-state index in [1.165, 1.54) is 101 Å². The lowest BCUT2D eigenvalue weighted by atomic mass is 9.94. The van der Waals surface area contributed by atoms with Crippen molar-refractivity contribution in [2.45, 2.75) is 301 Å². The predicted molar refractivity (Wildman–Crippen MR) is 401 cm³/mol. The van der Waals surface area contributed by atoms with E-state index in [9.17, 15) is 47.9 Å². The third-order valence-electron chi connectivity index (χ3n) is 18.8. The Bertz CT molecular complexity index is 3320. The molecule has 0 saturated carbocycles. The molecule has 2 amide bonds. The van der Waals surface area contributed by atoms with E-state index in [-0.39, 0.29) is 35.1 Å². The van der Waals surface area contributed by atoms with Gasteiger partial charge in [-0.15, -0.1) is 0 Å². The highest BCUT2D eigenvalue weighted by Crippen LogP contribution is 2.36. The van der Waals surface area contributed by atoms with Gasteiger partial charge < -0.3 is 67.5 Å². The number of unbranched alkanes of at least 4 members (excludes halogenated alkanes) is 23. The summed E-state index contributed by atoms with van der Waals surface area (Å²) in [5.74, 6) is -8.30. The van der Waals surface area contributed by atoms with E-state index in [1.807, 2.05) is 0 Å². The van der Waals surface area contributed by atoms with E-state index >= 15 is 0 Å². The summed E-state index contributed by atoms with van der Waals surface area (Å²) in [6.07, 6.45) is 7.53. The molecule has 2 aliphatic heterocycles. The lowest BCUT2D eigenvalue weighted by Gasteiger charge is -2.49. The highest BCUT2D eigenvalue weighted by atomic mass is 16.8. The van der Waals surface area contributed by atoms with Crippen LogP contribution in [0.4, 0.5) is 0 Å². The van der Waals surface area contributed by atoms with Crippen LogP contribution in [0.5, 0.6) is 0 Å². The Balaban J connectivity index is 1.48. The fourth-order valence-electron chi connectivity index (χ4n) is 13.3. The number of benzene rings is 4. The molecule has 0 unspecified atom stereocenters. The van der Waals surface area contributed by atoms with Gasteiger partial charge in [0, 0.05) is 41.0 Å². The Morgan fingerprint density at radius 1 is 0.389 bits per heavy atom. The van der Waals surface area contributed by atoms with Crippen molar-refractivity contribution >= 4 is 59.6 Å². The van der Waals surface area contributed by atoms with E-state index in [0.29, 0.717) is 19.3 Å². The van der Waals surface area contributed by atoms with Crippen LogP contribution >= 0.6 is 0 Å². The summed E-state index contributed by atoms with van der Waals surface area (Å²) in [5.41, 5.74) is 0.301. The van der Waals surface area contributed by atoms with Gasteiger partial charge in [-0.05, 0) is 67.8 Å². The van der Waals surface area contributed by atoms with E-state index in [1.54, 1.807) is 97.1 Å². The Morgan fingerprint density at radius 2 is 0.769 bits per heavy atom. The summed E-state index contributed by atoms with van der Waals surface area (Å²) in [6, 6.07) is 28.8. The van der Waals surface area contributed by atoms with Gasteiger partial charge in [0.2, 0.25) is 11.8 Å². The van der Waals surface area contributed by atoms with Crippen molar-refractivity contribution in [3.05, 3.63) is 144 Å². The lowest BCUT2D eigenvalue weighted by Crippen LogP contribution is -2.69. The minimum Gasteiger partial charge on any atom is -0.463 e. The van der Waals surface area contributed by atoms with Gasteiger partial charge in [0.05, 0.1) is 34.9 Å². The Labute approximate surface area is 637 Å². The lowest BCUT2D eigenvalue weighted by molar-refractivity contribution is -0.347. The van der Waals surface area contributed by atoms with Crippen LogP contribution in [0.2, 0.25) is 0 Å². The first-order valence-electron chi connectivity index (χ1n) is 39.1. The molecule has 0 aromatic heterocycles. The molecule has 0 radical (unpaired) electrons. The number of nitrogens with one attached hydrogen (secondary N) is 2. The molecule has 108 heavy (non-hydrogen) atoms. The summed E-state index contributed by atoms with van der Waals surface area (Å²) in [5, 5.41) is 5.76. The fraction of sp³-hybridized carbons (Fsp3) is 0.595. The molecule has 0 bridgehead atoms. The van der Waals surface area contributed by atoms with Gasteiger partial charge in [-0.3, -0.25) is 28.8 Å². The molecule has 6 rings (SSSR count). The quantitative estimate of drug-likeness (QED) is 0.0236. The molecule has 2 saturated heterocycles.